The first-order valence-electron chi connectivity index (χ1n) is 6.59. The zero-order chi connectivity index (χ0) is 14.0. The fourth-order valence-electron chi connectivity index (χ4n) is 1.51. The van der Waals surface area contributed by atoms with Gasteiger partial charge >= 0.3 is 0 Å². The molecule has 0 aliphatic heterocycles. The monoisotopic (exact) mass is 295 g/mol. The van der Waals surface area contributed by atoms with Crippen LogP contribution < -0.4 is 5.32 Å². The molecule has 2 rings (SSSR count). The maximum absolute atomic E-state index is 4.64. The van der Waals surface area contributed by atoms with Gasteiger partial charge in [-0.3, -0.25) is 0 Å². The van der Waals surface area contributed by atoms with Crippen LogP contribution in [0.4, 0.5) is 5.13 Å². The molecule has 0 fully saturated rings. The second kappa shape index (κ2) is 5.59. The van der Waals surface area contributed by atoms with Gasteiger partial charge in [0.25, 0.3) is 0 Å². The number of nitrogens with zero attached hydrogens (tertiary/aromatic N) is 2. The number of aromatic nitrogens is 2. The quantitative estimate of drug-likeness (QED) is 0.882. The molecule has 3 nitrogen and oxygen atoms in total. The summed E-state index contributed by atoms with van der Waals surface area (Å²) in [6.07, 6.45) is 3.04. The van der Waals surface area contributed by atoms with Crippen LogP contribution in [0.15, 0.2) is 11.6 Å². The van der Waals surface area contributed by atoms with Crippen LogP contribution in [0.5, 0.6) is 0 Å². The Kier molecular flexibility index (Phi) is 4.26. The molecule has 0 saturated carbocycles. The molecule has 0 amide bonds. The van der Waals surface area contributed by atoms with E-state index >= 15 is 0 Å². The smallest absolute Gasteiger partial charge is 0.183 e. The second-order valence-corrected chi connectivity index (χ2v) is 7.66. The number of nitrogens with one attached hydrogen (secondary N) is 1. The summed E-state index contributed by atoms with van der Waals surface area (Å²) in [5.74, 6) is 0. The van der Waals surface area contributed by atoms with E-state index in [9.17, 15) is 0 Å². The van der Waals surface area contributed by atoms with Crippen LogP contribution in [-0.4, -0.2) is 16.0 Å². The van der Waals surface area contributed by atoms with Crippen molar-refractivity contribution in [3.8, 4) is 10.6 Å². The summed E-state index contributed by atoms with van der Waals surface area (Å²) < 4.78 is 0. The molecule has 0 aliphatic carbocycles. The summed E-state index contributed by atoms with van der Waals surface area (Å²) in [4.78, 5) is 10.3. The molecule has 0 saturated heterocycles. The zero-order valence-electron chi connectivity index (χ0n) is 12.2. The summed E-state index contributed by atoms with van der Waals surface area (Å²) in [6.45, 7) is 10.9. The molecule has 0 spiro atoms. The average Bonchev–Trinajstić information content (AvgIpc) is 2.95. The molecule has 0 aliphatic rings. The maximum Gasteiger partial charge on any atom is 0.183 e. The Bertz CT molecular complexity index is 537. The van der Waals surface area contributed by atoms with E-state index < -0.39 is 0 Å². The van der Waals surface area contributed by atoms with E-state index in [0.29, 0.717) is 6.04 Å². The van der Waals surface area contributed by atoms with Crippen LogP contribution in [-0.2, 0) is 5.41 Å². The molecule has 0 bridgehead atoms. The Balaban J connectivity index is 2.16. The number of thiazole rings is 2. The van der Waals surface area contributed by atoms with Gasteiger partial charge in [0, 0.05) is 23.0 Å². The maximum atomic E-state index is 4.64. The van der Waals surface area contributed by atoms with Gasteiger partial charge in [0.1, 0.15) is 0 Å². The predicted octanol–water partition coefficient (Wildman–Crippen LogP) is 4.77. The highest BCUT2D eigenvalue weighted by atomic mass is 32.1. The molecule has 1 N–H and O–H groups in total. The molecule has 0 aromatic carbocycles. The van der Waals surface area contributed by atoms with E-state index in [-0.39, 0.29) is 5.41 Å². The van der Waals surface area contributed by atoms with Crippen LogP contribution in [0, 0.1) is 0 Å². The largest absolute Gasteiger partial charge is 0.359 e. The van der Waals surface area contributed by atoms with Gasteiger partial charge in [-0.1, -0.05) is 27.7 Å². The highest BCUT2D eigenvalue weighted by molar-refractivity contribution is 7.16. The van der Waals surface area contributed by atoms with Gasteiger partial charge < -0.3 is 5.32 Å². The van der Waals surface area contributed by atoms with Crippen LogP contribution in [0.1, 0.15) is 46.0 Å². The second-order valence-electron chi connectivity index (χ2n) is 5.77. The van der Waals surface area contributed by atoms with Crippen LogP contribution >= 0.6 is 22.7 Å². The van der Waals surface area contributed by atoms with Crippen molar-refractivity contribution in [1.82, 2.24) is 9.97 Å². The van der Waals surface area contributed by atoms with Gasteiger partial charge in [0.2, 0.25) is 0 Å². The van der Waals surface area contributed by atoms with Crippen LogP contribution in [0.3, 0.4) is 0 Å². The van der Waals surface area contributed by atoms with Crippen LogP contribution in [0.2, 0.25) is 0 Å². The Hall–Kier alpha value is -0.940. The van der Waals surface area contributed by atoms with Gasteiger partial charge in [0.15, 0.2) is 5.13 Å². The molecule has 104 valence electrons. The average molecular weight is 295 g/mol. The molecule has 2 aromatic rings. The van der Waals surface area contributed by atoms with Crippen molar-refractivity contribution < 1.29 is 0 Å². The molecule has 5 heteroatoms. The lowest BCUT2D eigenvalue weighted by atomic mass is 9.98. The predicted molar refractivity (Wildman–Crippen MR) is 85.3 cm³/mol. The fraction of sp³-hybridized carbons (Fsp3) is 0.571. The summed E-state index contributed by atoms with van der Waals surface area (Å²) in [6, 6.07) is 0.464. The molecule has 1 unspecified atom stereocenters. The molecule has 19 heavy (non-hydrogen) atoms. The molecule has 2 aromatic heterocycles. The third-order valence-electron chi connectivity index (χ3n) is 2.89. The molecular weight excluding hydrogens is 274 g/mol. The summed E-state index contributed by atoms with van der Waals surface area (Å²) in [7, 11) is 0. The lowest BCUT2D eigenvalue weighted by Gasteiger charge is -2.13. The summed E-state index contributed by atoms with van der Waals surface area (Å²) in [5.41, 5.74) is 1.14. The van der Waals surface area contributed by atoms with Crippen molar-refractivity contribution in [2.45, 2.75) is 52.5 Å². The van der Waals surface area contributed by atoms with E-state index in [2.05, 4.69) is 55.3 Å². The Labute approximate surface area is 123 Å². The normalized spacial score (nSPS) is 13.5. The summed E-state index contributed by atoms with van der Waals surface area (Å²) >= 11 is 3.40. The fourth-order valence-corrected chi connectivity index (χ4v) is 3.34. The summed E-state index contributed by atoms with van der Waals surface area (Å²) in [5, 5.41) is 7.67. The van der Waals surface area contributed by atoms with E-state index in [1.165, 1.54) is 0 Å². The van der Waals surface area contributed by atoms with Gasteiger partial charge in [0.05, 0.1) is 15.6 Å². The third-order valence-corrected chi connectivity index (χ3v) is 5.11. The highest BCUT2D eigenvalue weighted by Gasteiger charge is 2.19. The first-order chi connectivity index (χ1) is 8.90. The number of anilines is 1. The minimum absolute atomic E-state index is 0.108. The molecule has 1 atom stereocenters. The zero-order valence-corrected chi connectivity index (χ0v) is 13.8. The standard InChI is InChI=1S/C14H21N3S2/c1-6-9(2)16-13-17-10(8-18-13)11-7-15-12(19-11)14(3,4)5/h7-9H,6H2,1-5H3,(H,16,17). The van der Waals surface area contributed by atoms with Crippen molar-refractivity contribution in [3.05, 3.63) is 16.6 Å². The minimum Gasteiger partial charge on any atom is -0.359 e. The van der Waals surface area contributed by atoms with Crippen molar-refractivity contribution >= 4 is 27.8 Å². The third kappa shape index (κ3) is 3.54. The van der Waals surface area contributed by atoms with E-state index in [4.69, 9.17) is 0 Å². The van der Waals surface area contributed by atoms with Gasteiger partial charge in [-0.15, -0.1) is 22.7 Å². The van der Waals surface area contributed by atoms with E-state index in [1.54, 1.807) is 22.7 Å². The lowest BCUT2D eigenvalue weighted by molar-refractivity contribution is 0.585. The lowest BCUT2D eigenvalue weighted by Crippen LogP contribution is -2.12. The van der Waals surface area contributed by atoms with Crippen molar-refractivity contribution in [2.24, 2.45) is 0 Å². The molecular formula is C14H21N3S2. The number of hydrogen-bond acceptors (Lipinski definition) is 5. The Morgan fingerprint density at radius 3 is 2.68 bits per heavy atom. The van der Waals surface area contributed by atoms with Crippen LogP contribution in [0.25, 0.3) is 10.6 Å². The first kappa shape index (κ1) is 14.5. The van der Waals surface area contributed by atoms with Gasteiger partial charge in [-0.05, 0) is 13.3 Å². The van der Waals surface area contributed by atoms with Gasteiger partial charge in [-0.25, -0.2) is 9.97 Å². The number of rotatable bonds is 4. The first-order valence-corrected chi connectivity index (χ1v) is 8.28. The number of hydrogen-bond donors (Lipinski definition) is 1. The highest BCUT2D eigenvalue weighted by Crippen LogP contribution is 2.34. The molecule has 2 heterocycles. The molecule has 0 radical (unpaired) electrons. The Morgan fingerprint density at radius 1 is 1.37 bits per heavy atom. The SMILES string of the molecule is CCC(C)Nc1nc(-c2cnc(C(C)(C)C)s2)cs1. The topological polar surface area (TPSA) is 37.8 Å². The van der Waals surface area contributed by atoms with E-state index in [0.717, 1.165) is 27.1 Å². The van der Waals surface area contributed by atoms with Gasteiger partial charge in [-0.2, -0.15) is 0 Å². The van der Waals surface area contributed by atoms with Crippen molar-refractivity contribution in [2.75, 3.05) is 5.32 Å². The van der Waals surface area contributed by atoms with E-state index in [1.807, 2.05) is 6.20 Å². The minimum atomic E-state index is 0.108. The Morgan fingerprint density at radius 2 is 2.11 bits per heavy atom. The van der Waals surface area contributed by atoms with Crippen molar-refractivity contribution in [3.63, 3.8) is 0 Å². The van der Waals surface area contributed by atoms with Crippen molar-refractivity contribution in [1.29, 1.82) is 0 Å².